The van der Waals surface area contributed by atoms with Gasteiger partial charge in [-0.05, 0) is 22.0 Å². The van der Waals surface area contributed by atoms with E-state index in [1.165, 1.54) is 6.33 Å². The van der Waals surface area contributed by atoms with Gasteiger partial charge in [0.2, 0.25) is 0 Å². The minimum atomic E-state index is -0.227. The fraction of sp³-hybridized carbons (Fsp3) is 0. The maximum atomic E-state index is 11.3. The van der Waals surface area contributed by atoms with E-state index in [9.17, 15) is 4.79 Å². The molecule has 66 valence electrons. The van der Waals surface area contributed by atoms with Gasteiger partial charge in [0, 0.05) is 0 Å². The first-order valence-electron chi connectivity index (χ1n) is 3.38. The molecule has 6 heteroatoms. The second kappa shape index (κ2) is 3.08. The minimum Gasteiger partial charge on any atom is -0.313 e. The van der Waals surface area contributed by atoms with E-state index in [0.717, 1.165) is 0 Å². The first-order valence-corrected chi connectivity index (χ1v) is 4.55. The van der Waals surface area contributed by atoms with Gasteiger partial charge in [-0.15, -0.1) is 0 Å². The molecule has 2 heterocycles. The molecule has 1 N–H and O–H groups in total. The summed E-state index contributed by atoms with van der Waals surface area (Å²) in [5.74, 6) is 0. The highest BCUT2D eigenvalue weighted by molar-refractivity contribution is 9.10. The Bertz CT molecular complexity index is 525. The number of nitrogens with one attached hydrogen (secondary N) is 1. The van der Waals surface area contributed by atoms with E-state index < -0.39 is 0 Å². The number of fused-ring (bicyclic) bond motifs is 1. The van der Waals surface area contributed by atoms with Crippen molar-refractivity contribution in [2.75, 3.05) is 0 Å². The van der Waals surface area contributed by atoms with Crippen LogP contribution in [0, 0.1) is 0 Å². The van der Waals surface area contributed by atoms with Crippen LogP contribution in [0.4, 0.5) is 0 Å². The van der Waals surface area contributed by atoms with Gasteiger partial charge in [-0.2, -0.15) is 0 Å². The van der Waals surface area contributed by atoms with Crippen LogP contribution < -0.4 is 5.56 Å². The van der Waals surface area contributed by atoms with Crippen molar-refractivity contribution in [3.05, 3.63) is 32.5 Å². The maximum Gasteiger partial charge on any atom is 0.258 e. The molecule has 0 fully saturated rings. The Labute approximate surface area is 86.1 Å². The number of aromatic amines is 1. The molecule has 0 aliphatic carbocycles. The molecule has 2 aromatic heterocycles. The maximum absolute atomic E-state index is 11.3. The van der Waals surface area contributed by atoms with Crippen LogP contribution in [0.3, 0.4) is 0 Å². The summed E-state index contributed by atoms with van der Waals surface area (Å²) in [5, 5.41) is 0.643. The van der Waals surface area contributed by atoms with E-state index in [-0.39, 0.29) is 10.7 Å². The Morgan fingerprint density at radius 1 is 1.54 bits per heavy atom. The monoisotopic (exact) mass is 259 g/mol. The lowest BCUT2D eigenvalue weighted by Gasteiger charge is -1.97. The number of hydrogen-bond donors (Lipinski definition) is 1. The van der Waals surface area contributed by atoms with Gasteiger partial charge < -0.3 is 4.98 Å². The predicted molar refractivity (Wildman–Crippen MR) is 52.9 cm³/mol. The zero-order valence-electron chi connectivity index (χ0n) is 6.21. The highest BCUT2D eigenvalue weighted by atomic mass is 79.9. The van der Waals surface area contributed by atoms with Crippen molar-refractivity contribution in [3.63, 3.8) is 0 Å². The largest absolute Gasteiger partial charge is 0.313 e. The van der Waals surface area contributed by atoms with Crippen molar-refractivity contribution >= 4 is 38.4 Å². The van der Waals surface area contributed by atoms with E-state index in [1.807, 2.05) is 0 Å². The van der Waals surface area contributed by atoms with Gasteiger partial charge in [0.1, 0.15) is 10.1 Å². The van der Waals surface area contributed by atoms with E-state index in [4.69, 9.17) is 11.6 Å². The second-order valence-corrected chi connectivity index (χ2v) is 3.53. The average molecular weight is 260 g/mol. The summed E-state index contributed by atoms with van der Waals surface area (Å²) >= 11 is 8.92. The first-order chi connectivity index (χ1) is 6.18. The summed E-state index contributed by atoms with van der Waals surface area (Å²) in [6.07, 6.45) is 1.30. The van der Waals surface area contributed by atoms with Crippen molar-refractivity contribution in [1.82, 2.24) is 15.0 Å². The van der Waals surface area contributed by atoms with E-state index in [0.29, 0.717) is 15.5 Å². The molecule has 4 nitrogen and oxygen atoms in total. The summed E-state index contributed by atoms with van der Waals surface area (Å²) in [5.41, 5.74) is 0.184. The van der Waals surface area contributed by atoms with Gasteiger partial charge in [0.25, 0.3) is 5.56 Å². The Balaban J connectivity index is 3.03. The third-order valence-corrected chi connectivity index (χ3v) is 2.22. The number of halogens is 2. The molecule has 0 spiro atoms. The van der Waals surface area contributed by atoms with E-state index >= 15 is 0 Å². The number of hydrogen-bond acceptors (Lipinski definition) is 3. The molecule has 0 saturated heterocycles. The van der Waals surface area contributed by atoms with Gasteiger partial charge in [-0.25, -0.2) is 9.97 Å². The molecule has 2 rings (SSSR count). The van der Waals surface area contributed by atoms with Crippen molar-refractivity contribution < 1.29 is 0 Å². The standard InChI is InChI=1S/C7H3BrClN3O/c8-4-1-3-5(6(9)12-4)10-2-11-7(3)13/h1-2H,(H,10,11,13). The highest BCUT2D eigenvalue weighted by Gasteiger charge is 2.05. The van der Waals surface area contributed by atoms with Crippen LogP contribution in [-0.4, -0.2) is 15.0 Å². The molecule has 0 aliphatic heterocycles. The molecular weight excluding hydrogens is 257 g/mol. The molecule has 0 unspecified atom stereocenters. The van der Waals surface area contributed by atoms with Crippen LogP contribution in [0.25, 0.3) is 10.9 Å². The third kappa shape index (κ3) is 1.45. The predicted octanol–water partition coefficient (Wildman–Crippen LogP) is 1.73. The Morgan fingerprint density at radius 3 is 3.08 bits per heavy atom. The van der Waals surface area contributed by atoms with Gasteiger partial charge >= 0.3 is 0 Å². The number of aromatic nitrogens is 3. The molecule has 0 radical (unpaired) electrons. The molecule has 13 heavy (non-hydrogen) atoms. The lowest BCUT2D eigenvalue weighted by molar-refractivity contribution is 1.15. The van der Waals surface area contributed by atoms with E-state index in [1.54, 1.807) is 6.07 Å². The average Bonchev–Trinajstić information content (AvgIpc) is 2.07. The molecule has 0 aromatic carbocycles. The number of rotatable bonds is 0. The summed E-state index contributed by atoms with van der Waals surface area (Å²) < 4.78 is 0.517. The highest BCUT2D eigenvalue weighted by Crippen LogP contribution is 2.19. The van der Waals surface area contributed by atoms with Crippen LogP contribution in [-0.2, 0) is 0 Å². The van der Waals surface area contributed by atoms with Crippen molar-refractivity contribution in [2.24, 2.45) is 0 Å². The molecule has 0 atom stereocenters. The lowest BCUT2D eigenvalue weighted by Crippen LogP contribution is -2.06. The zero-order chi connectivity index (χ0) is 9.42. The number of nitrogens with zero attached hydrogens (tertiary/aromatic N) is 2. The molecule has 2 aromatic rings. The van der Waals surface area contributed by atoms with Crippen molar-refractivity contribution in [3.8, 4) is 0 Å². The molecule has 0 aliphatic rings. The minimum absolute atomic E-state index is 0.218. The van der Waals surface area contributed by atoms with Gasteiger partial charge in [-0.1, -0.05) is 11.6 Å². The lowest BCUT2D eigenvalue weighted by atomic mass is 10.3. The van der Waals surface area contributed by atoms with Gasteiger partial charge in [0.05, 0.1) is 11.7 Å². The Kier molecular flexibility index (Phi) is 2.05. The summed E-state index contributed by atoms with van der Waals surface area (Å²) in [6, 6.07) is 1.58. The summed E-state index contributed by atoms with van der Waals surface area (Å²) in [4.78, 5) is 21.6. The van der Waals surface area contributed by atoms with Crippen LogP contribution in [0.5, 0.6) is 0 Å². The topological polar surface area (TPSA) is 58.6 Å². The fourth-order valence-electron chi connectivity index (χ4n) is 1.01. The van der Waals surface area contributed by atoms with Crippen molar-refractivity contribution in [2.45, 2.75) is 0 Å². The third-order valence-electron chi connectivity index (χ3n) is 1.55. The van der Waals surface area contributed by atoms with Crippen LogP contribution >= 0.6 is 27.5 Å². The van der Waals surface area contributed by atoms with E-state index in [2.05, 4.69) is 30.9 Å². The summed E-state index contributed by atoms with van der Waals surface area (Å²) in [6.45, 7) is 0. The first kappa shape index (κ1) is 8.65. The Morgan fingerprint density at radius 2 is 2.31 bits per heavy atom. The smallest absolute Gasteiger partial charge is 0.258 e. The van der Waals surface area contributed by atoms with Crippen molar-refractivity contribution in [1.29, 1.82) is 0 Å². The molecular formula is C7H3BrClN3O. The van der Waals surface area contributed by atoms with Crippen LogP contribution in [0.15, 0.2) is 21.8 Å². The SMILES string of the molecule is O=c1[nH]cnc2c(Cl)nc(Br)cc12. The molecule has 0 bridgehead atoms. The second-order valence-electron chi connectivity index (χ2n) is 2.36. The van der Waals surface area contributed by atoms with Gasteiger partial charge in [0.15, 0.2) is 5.15 Å². The van der Waals surface area contributed by atoms with Gasteiger partial charge in [-0.3, -0.25) is 4.79 Å². The van der Waals surface area contributed by atoms with Crippen LogP contribution in [0.1, 0.15) is 0 Å². The fourth-order valence-corrected chi connectivity index (χ4v) is 1.76. The summed E-state index contributed by atoms with van der Waals surface area (Å²) in [7, 11) is 0. The quantitative estimate of drug-likeness (QED) is 0.734. The molecule has 0 amide bonds. The zero-order valence-corrected chi connectivity index (χ0v) is 8.56. The number of H-pyrrole nitrogens is 1. The Hall–Kier alpha value is -0.940. The number of pyridine rings is 1. The normalized spacial score (nSPS) is 10.6. The molecule has 0 saturated carbocycles. The van der Waals surface area contributed by atoms with Crippen LogP contribution in [0.2, 0.25) is 5.15 Å².